The van der Waals surface area contributed by atoms with Crippen molar-refractivity contribution < 1.29 is 4.74 Å². The number of methoxy groups -OCH3 is 1. The van der Waals surface area contributed by atoms with Gasteiger partial charge in [-0.3, -0.25) is 0 Å². The van der Waals surface area contributed by atoms with E-state index >= 15 is 0 Å². The van der Waals surface area contributed by atoms with Gasteiger partial charge in [-0.05, 0) is 38.2 Å². The molecule has 1 aromatic heterocycles. The van der Waals surface area contributed by atoms with Gasteiger partial charge in [-0.1, -0.05) is 6.07 Å². The van der Waals surface area contributed by atoms with Crippen LogP contribution in [0.4, 0.5) is 0 Å². The Kier molecular flexibility index (Phi) is 3.15. The highest BCUT2D eigenvalue weighted by Crippen LogP contribution is 2.39. The van der Waals surface area contributed by atoms with Crippen molar-refractivity contribution in [3.8, 4) is 5.88 Å². The van der Waals surface area contributed by atoms with Gasteiger partial charge in [-0.25, -0.2) is 4.98 Å². The van der Waals surface area contributed by atoms with Gasteiger partial charge >= 0.3 is 0 Å². The number of nitrogens with one attached hydrogen (secondary N) is 1. The van der Waals surface area contributed by atoms with E-state index in [9.17, 15) is 0 Å². The SMILES string of the molecule is COc1ccc(CNC(C)(C)C2CC2)cn1. The van der Waals surface area contributed by atoms with Crippen molar-refractivity contribution in [2.45, 2.75) is 38.8 Å². The largest absolute Gasteiger partial charge is 0.481 e. The first-order chi connectivity index (χ1) is 7.62. The fraction of sp³-hybridized carbons (Fsp3) is 0.615. The molecule has 1 heterocycles. The fourth-order valence-electron chi connectivity index (χ4n) is 1.92. The molecule has 0 saturated heterocycles. The molecule has 0 spiro atoms. The first kappa shape index (κ1) is 11.4. The lowest BCUT2D eigenvalue weighted by Gasteiger charge is -2.26. The van der Waals surface area contributed by atoms with E-state index in [0.717, 1.165) is 12.5 Å². The van der Waals surface area contributed by atoms with E-state index < -0.39 is 0 Å². The summed E-state index contributed by atoms with van der Waals surface area (Å²) >= 11 is 0. The average molecular weight is 220 g/mol. The van der Waals surface area contributed by atoms with E-state index in [-0.39, 0.29) is 5.54 Å². The smallest absolute Gasteiger partial charge is 0.212 e. The molecule has 3 heteroatoms. The summed E-state index contributed by atoms with van der Waals surface area (Å²) < 4.78 is 5.03. The van der Waals surface area contributed by atoms with Crippen LogP contribution in [0.5, 0.6) is 5.88 Å². The summed E-state index contributed by atoms with van der Waals surface area (Å²) in [5.74, 6) is 1.52. The van der Waals surface area contributed by atoms with E-state index in [4.69, 9.17) is 4.74 Å². The number of rotatable bonds is 5. The molecule has 1 fully saturated rings. The topological polar surface area (TPSA) is 34.1 Å². The second-order valence-corrected chi connectivity index (χ2v) is 5.06. The van der Waals surface area contributed by atoms with Crippen molar-refractivity contribution in [1.82, 2.24) is 10.3 Å². The Morgan fingerprint density at radius 3 is 2.69 bits per heavy atom. The van der Waals surface area contributed by atoms with Crippen molar-refractivity contribution in [3.05, 3.63) is 23.9 Å². The Balaban J connectivity index is 1.88. The zero-order valence-electron chi connectivity index (χ0n) is 10.3. The van der Waals surface area contributed by atoms with Gasteiger partial charge in [0.1, 0.15) is 0 Å². The molecule has 0 amide bonds. The zero-order chi connectivity index (χ0) is 11.6. The van der Waals surface area contributed by atoms with Crippen molar-refractivity contribution >= 4 is 0 Å². The number of aromatic nitrogens is 1. The predicted molar refractivity (Wildman–Crippen MR) is 64.4 cm³/mol. The fourth-order valence-corrected chi connectivity index (χ4v) is 1.92. The first-order valence-electron chi connectivity index (χ1n) is 5.86. The van der Waals surface area contributed by atoms with Gasteiger partial charge in [-0.2, -0.15) is 0 Å². The molecule has 1 aromatic rings. The molecule has 1 aliphatic rings. The minimum atomic E-state index is 0.250. The van der Waals surface area contributed by atoms with Crippen LogP contribution in [0.15, 0.2) is 18.3 Å². The van der Waals surface area contributed by atoms with Crippen LogP contribution < -0.4 is 10.1 Å². The molecule has 1 N–H and O–H groups in total. The summed E-state index contributed by atoms with van der Waals surface area (Å²) in [6, 6.07) is 3.96. The van der Waals surface area contributed by atoms with Crippen molar-refractivity contribution in [2.75, 3.05) is 7.11 Å². The lowest BCUT2D eigenvalue weighted by molar-refractivity contribution is 0.339. The minimum absolute atomic E-state index is 0.250. The molecule has 0 radical (unpaired) electrons. The predicted octanol–water partition coefficient (Wildman–Crippen LogP) is 2.37. The van der Waals surface area contributed by atoms with Crippen LogP contribution in [0.25, 0.3) is 0 Å². The molecule has 0 unspecified atom stereocenters. The zero-order valence-corrected chi connectivity index (χ0v) is 10.3. The van der Waals surface area contributed by atoms with E-state index in [0.29, 0.717) is 5.88 Å². The third-order valence-corrected chi connectivity index (χ3v) is 3.35. The third-order valence-electron chi connectivity index (χ3n) is 3.35. The van der Waals surface area contributed by atoms with Gasteiger partial charge < -0.3 is 10.1 Å². The van der Waals surface area contributed by atoms with Crippen LogP contribution in [-0.4, -0.2) is 17.6 Å². The van der Waals surface area contributed by atoms with Gasteiger partial charge in [0, 0.05) is 24.3 Å². The van der Waals surface area contributed by atoms with Crippen molar-refractivity contribution in [2.24, 2.45) is 5.92 Å². The quantitative estimate of drug-likeness (QED) is 0.827. The maximum Gasteiger partial charge on any atom is 0.212 e. The monoisotopic (exact) mass is 220 g/mol. The molecular formula is C13H20N2O. The number of nitrogens with zero attached hydrogens (tertiary/aromatic N) is 1. The van der Waals surface area contributed by atoms with Gasteiger partial charge in [0.25, 0.3) is 0 Å². The normalized spacial score (nSPS) is 16.2. The first-order valence-corrected chi connectivity index (χ1v) is 5.86. The van der Waals surface area contributed by atoms with E-state index in [1.165, 1.54) is 18.4 Å². The van der Waals surface area contributed by atoms with Gasteiger partial charge in [0.05, 0.1) is 7.11 Å². The Hall–Kier alpha value is -1.09. The summed E-state index contributed by atoms with van der Waals surface area (Å²) in [5, 5.41) is 3.59. The lowest BCUT2D eigenvalue weighted by atomic mass is 9.98. The van der Waals surface area contributed by atoms with Crippen molar-refractivity contribution in [3.63, 3.8) is 0 Å². The molecule has 0 bridgehead atoms. The highest BCUT2D eigenvalue weighted by atomic mass is 16.5. The van der Waals surface area contributed by atoms with Crippen LogP contribution in [0.1, 0.15) is 32.3 Å². The Bertz CT molecular complexity index is 341. The maximum atomic E-state index is 5.03. The number of hydrogen-bond donors (Lipinski definition) is 1. The molecule has 0 atom stereocenters. The summed E-state index contributed by atoms with van der Waals surface area (Å²) in [6.45, 7) is 5.43. The van der Waals surface area contributed by atoms with E-state index in [1.807, 2.05) is 12.3 Å². The summed E-state index contributed by atoms with van der Waals surface area (Å²) in [5.41, 5.74) is 1.45. The molecular weight excluding hydrogens is 200 g/mol. The molecule has 1 aliphatic carbocycles. The van der Waals surface area contributed by atoms with Crippen LogP contribution in [0.3, 0.4) is 0 Å². The molecule has 3 nitrogen and oxygen atoms in total. The highest BCUT2D eigenvalue weighted by molar-refractivity contribution is 5.17. The van der Waals surface area contributed by atoms with Crippen molar-refractivity contribution in [1.29, 1.82) is 0 Å². The molecule has 0 aromatic carbocycles. The second-order valence-electron chi connectivity index (χ2n) is 5.06. The summed E-state index contributed by atoms with van der Waals surface area (Å²) in [4.78, 5) is 4.20. The van der Waals surface area contributed by atoms with E-state index in [1.54, 1.807) is 7.11 Å². The minimum Gasteiger partial charge on any atom is -0.481 e. The second kappa shape index (κ2) is 4.42. The number of ether oxygens (including phenoxy) is 1. The van der Waals surface area contributed by atoms with Gasteiger partial charge in [0.2, 0.25) is 5.88 Å². The molecule has 16 heavy (non-hydrogen) atoms. The molecule has 2 rings (SSSR count). The Morgan fingerprint density at radius 1 is 1.44 bits per heavy atom. The highest BCUT2D eigenvalue weighted by Gasteiger charge is 2.36. The van der Waals surface area contributed by atoms with Gasteiger partial charge in [-0.15, -0.1) is 0 Å². The molecule has 0 aliphatic heterocycles. The Labute approximate surface area is 97.2 Å². The molecule has 1 saturated carbocycles. The van der Waals surface area contributed by atoms with Crippen LogP contribution in [-0.2, 0) is 6.54 Å². The number of hydrogen-bond acceptors (Lipinski definition) is 3. The third kappa shape index (κ3) is 2.73. The average Bonchev–Trinajstić information content (AvgIpc) is 3.11. The van der Waals surface area contributed by atoms with Gasteiger partial charge in [0.15, 0.2) is 0 Å². The number of pyridine rings is 1. The van der Waals surface area contributed by atoms with E-state index in [2.05, 4.69) is 30.2 Å². The van der Waals surface area contributed by atoms with Crippen LogP contribution >= 0.6 is 0 Å². The molecule has 88 valence electrons. The summed E-state index contributed by atoms with van der Waals surface area (Å²) in [7, 11) is 1.64. The summed E-state index contributed by atoms with van der Waals surface area (Å²) in [6.07, 6.45) is 4.59. The maximum absolute atomic E-state index is 5.03. The lowest BCUT2D eigenvalue weighted by Crippen LogP contribution is -2.40. The van der Waals surface area contributed by atoms with Crippen LogP contribution in [0.2, 0.25) is 0 Å². The Morgan fingerprint density at radius 2 is 2.19 bits per heavy atom. The van der Waals surface area contributed by atoms with Crippen LogP contribution in [0, 0.1) is 5.92 Å². The standard InChI is InChI=1S/C13H20N2O/c1-13(2,11-5-6-11)15-9-10-4-7-12(16-3)14-8-10/h4,7-8,11,15H,5-6,9H2,1-3H3.